The molecule has 1 aromatic heterocycles. The highest BCUT2D eigenvalue weighted by Crippen LogP contribution is 2.38. The fourth-order valence-electron chi connectivity index (χ4n) is 1.04. The molecule has 0 unspecified atom stereocenters. The lowest BCUT2D eigenvalue weighted by Gasteiger charge is -2.15. The van der Waals surface area contributed by atoms with Crippen LogP contribution in [0.1, 0.15) is 17.7 Å². The monoisotopic (exact) mass is 276 g/mol. The summed E-state index contributed by atoms with van der Waals surface area (Å²) in [6.45, 7) is -0.422. The average Bonchev–Trinajstić information content (AvgIpc) is 2.18. The predicted octanol–water partition coefficient (Wildman–Crippen LogP) is 3.03. The van der Waals surface area contributed by atoms with Crippen LogP contribution < -0.4 is 10.5 Å². The number of halogens is 6. The fourth-order valence-corrected chi connectivity index (χ4v) is 1.32. The number of pyridine rings is 1. The maximum absolute atomic E-state index is 12.4. The largest absolute Gasteiger partial charge is 0.573 e. The van der Waals surface area contributed by atoms with Gasteiger partial charge < -0.3 is 10.5 Å². The molecule has 0 amide bonds. The number of alkyl halides is 5. The number of hydrogen-bond donors (Lipinski definition) is 1. The summed E-state index contributed by atoms with van der Waals surface area (Å²) in [6.07, 6.45) is -7.45. The molecule has 0 aliphatic heterocycles. The summed E-state index contributed by atoms with van der Waals surface area (Å²) in [6, 6.07) is 0. The quantitative estimate of drug-likeness (QED) is 0.863. The molecule has 0 saturated heterocycles. The molecule has 3 nitrogen and oxygen atoms in total. The number of nitrogens with two attached hydrogens (primary N) is 1. The van der Waals surface area contributed by atoms with Gasteiger partial charge in [-0.05, 0) is 0 Å². The Hall–Kier alpha value is -1.15. The summed E-state index contributed by atoms with van der Waals surface area (Å²) in [4.78, 5) is 3.35. The predicted molar refractivity (Wildman–Crippen MR) is 48.8 cm³/mol. The number of rotatable bonds is 3. The molecule has 0 aliphatic rings. The molecule has 1 heterocycles. The van der Waals surface area contributed by atoms with Gasteiger partial charge in [0.2, 0.25) is 0 Å². The Labute approximate surface area is 97.3 Å². The van der Waals surface area contributed by atoms with E-state index in [1.165, 1.54) is 0 Å². The summed E-state index contributed by atoms with van der Waals surface area (Å²) < 4.78 is 64.4. The zero-order chi connectivity index (χ0) is 13.2. The molecule has 2 N–H and O–H groups in total. The van der Waals surface area contributed by atoms with Crippen molar-refractivity contribution in [3.05, 3.63) is 22.5 Å². The summed E-state index contributed by atoms with van der Waals surface area (Å²) >= 11 is 5.39. The lowest BCUT2D eigenvalue weighted by atomic mass is 10.2. The molecule has 0 aliphatic carbocycles. The first-order chi connectivity index (χ1) is 7.76. The molecular formula is C8H6ClF5N2O. The number of hydrogen-bond acceptors (Lipinski definition) is 3. The van der Waals surface area contributed by atoms with E-state index in [-0.39, 0.29) is 5.69 Å². The minimum Gasteiger partial charge on any atom is -0.402 e. The van der Waals surface area contributed by atoms with Crippen molar-refractivity contribution in [1.82, 2.24) is 4.98 Å². The Balaban J connectivity index is 3.28. The second-order valence-corrected chi connectivity index (χ2v) is 3.23. The van der Waals surface area contributed by atoms with Gasteiger partial charge in [-0.1, -0.05) is 11.6 Å². The van der Waals surface area contributed by atoms with E-state index in [2.05, 4.69) is 9.72 Å². The van der Waals surface area contributed by atoms with Crippen LogP contribution in [-0.4, -0.2) is 11.3 Å². The topological polar surface area (TPSA) is 48.1 Å². The Bertz CT molecular complexity index is 410. The van der Waals surface area contributed by atoms with Crippen molar-refractivity contribution in [2.24, 2.45) is 5.73 Å². The minimum absolute atomic E-state index is 0.350. The zero-order valence-electron chi connectivity index (χ0n) is 8.06. The lowest BCUT2D eigenvalue weighted by Crippen LogP contribution is -2.20. The van der Waals surface area contributed by atoms with Gasteiger partial charge in [-0.3, -0.25) is 4.98 Å². The zero-order valence-corrected chi connectivity index (χ0v) is 8.82. The fraction of sp³-hybridized carbons (Fsp3) is 0.375. The van der Waals surface area contributed by atoms with Crippen LogP contribution in [0.25, 0.3) is 0 Å². The number of ether oxygens (including phenoxy) is 1. The first kappa shape index (κ1) is 13.9. The molecule has 0 bridgehead atoms. The van der Waals surface area contributed by atoms with E-state index < -0.39 is 35.7 Å². The Morgan fingerprint density at radius 2 is 2.00 bits per heavy atom. The van der Waals surface area contributed by atoms with E-state index in [4.69, 9.17) is 17.3 Å². The maximum atomic E-state index is 12.4. The van der Waals surface area contributed by atoms with Crippen molar-refractivity contribution >= 4 is 11.6 Å². The molecule has 0 aromatic carbocycles. The third kappa shape index (κ3) is 3.40. The molecule has 0 saturated carbocycles. The lowest BCUT2D eigenvalue weighted by molar-refractivity contribution is -0.275. The molecule has 17 heavy (non-hydrogen) atoms. The Morgan fingerprint density at radius 1 is 1.41 bits per heavy atom. The van der Waals surface area contributed by atoms with E-state index in [1.807, 2.05) is 0 Å². The van der Waals surface area contributed by atoms with Gasteiger partial charge in [-0.2, -0.15) is 0 Å². The normalized spacial score (nSPS) is 12.0. The van der Waals surface area contributed by atoms with Gasteiger partial charge in [0.25, 0.3) is 6.43 Å². The van der Waals surface area contributed by atoms with Crippen molar-refractivity contribution in [2.45, 2.75) is 19.3 Å². The average molecular weight is 277 g/mol. The van der Waals surface area contributed by atoms with Crippen molar-refractivity contribution in [2.75, 3.05) is 0 Å². The van der Waals surface area contributed by atoms with Crippen LogP contribution in [0.3, 0.4) is 0 Å². The molecule has 1 rings (SSSR count). The first-order valence-corrected chi connectivity index (χ1v) is 4.55. The van der Waals surface area contributed by atoms with Crippen molar-refractivity contribution in [3.8, 4) is 5.75 Å². The molecule has 0 radical (unpaired) electrons. The van der Waals surface area contributed by atoms with Crippen LogP contribution in [0, 0.1) is 0 Å². The van der Waals surface area contributed by atoms with Crippen molar-refractivity contribution in [3.63, 3.8) is 0 Å². The van der Waals surface area contributed by atoms with Crippen LogP contribution >= 0.6 is 11.6 Å². The molecule has 0 atom stereocenters. The smallest absolute Gasteiger partial charge is 0.402 e. The summed E-state index contributed by atoms with van der Waals surface area (Å²) in [5.41, 5.74) is 3.91. The maximum Gasteiger partial charge on any atom is 0.573 e. The van der Waals surface area contributed by atoms with Crippen LogP contribution in [0.15, 0.2) is 6.20 Å². The van der Waals surface area contributed by atoms with E-state index in [1.54, 1.807) is 0 Å². The second-order valence-electron chi connectivity index (χ2n) is 2.86. The van der Waals surface area contributed by atoms with Crippen LogP contribution in [-0.2, 0) is 6.54 Å². The highest BCUT2D eigenvalue weighted by Gasteiger charge is 2.34. The third-order valence-electron chi connectivity index (χ3n) is 1.72. The highest BCUT2D eigenvalue weighted by molar-refractivity contribution is 6.32. The molecule has 0 fully saturated rings. The highest BCUT2D eigenvalue weighted by atomic mass is 35.5. The van der Waals surface area contributed by atoms with Crippen molar-refractivity contribution in [1.29, 1.82) is 0 Å². The third-order valence-corrected chi connectivity index (χ3v) is 2.11. The van der Waals surface area contributed by atoms with Gasteiger partial charge in [0.05, 0.1) is 16.3 Å². The number of nitrogens with zero attached hydrogens (tertiary/aromatic N) is 1. The molecular weight excluding hydrogens is 271 g/mol. The molecule has 96 valence electrons. The SMILES string of the molecule is NCc1ncc(C(F)F)c(Cl)c1OC(F)(F)F. The summed E-state index contributed by atoms with van der Waals surface area (Å²) in [7, 11) is 0. The molecule has 1 aromatic rings. The molecule has 9 heteroatoms. The van der Waals surface area contributed by atoms with Gasteiger partial charge in [-0.25, -0.2) is 8.78 Å². The van der Waals surface area contributed by atoms with E-state index in [9.17, 15) is 22.0 Å². The Morgan fingerprint density at radius 3 is 2.41 bits per heavy atom. The first-order valence-electron chi connectivity index (χ1n) is 4.17. The van der Waals surface area contributed by atoms with E-state index in [0.29, 0.717) is 6.20 Å². The van der Waals surface area contributed by atoms with Crippen LogP contribution in [0.5, 0.6) is 5.75 Å². The number of aromatic nitrogens is 1. The van der Waals surface area contributed by atoms with Gasteiger partial charge in [-0.15, -0.1) is 13.2 Å². The summed E-state index contributed by atoms with van der Waals surface area (Å²) in [5.74, 6) is -0.987. The Kier molecular flexibility index (Phi) is 4.10. The van der Waals surface area contributed by atoms with Gasteiger partial charge >= 0.3 is 6.36 Å². The van der Waals surface area contributed by atoms with Crippen LogP contribution in [0.4, 0.5) is 22.0 Å². The summed E-state index contributed by atoms with van der Waals surface area (Å²) in [5, 5.41) is -0.840. The standard InChI is InChI=1S/C8H6ClF5N2O/c9-5-3(7(10)11)2-16-4(1-15)6(5)17-8(12,13)14/h2,7H,1,15H2. The van der Waals surface area contributed by atoms with Gasteiger partial charge in [0, 0.05) is 12.7 Å². The van der Waals surface area contributed by atoms with Crippen LogP contribution in [0.2, 0.25) is 5.02 Å². The van der Waals surface area contributed by atoms with E-state index in [0.717, 1.165) is 0 Å². The van der Waals surface area contributed by atoms with Gasteiger partial charge in [0.15, 0.2) is 5.75 Å². The van der Waals surface area contributed by atoms with Gasteiger partial charge in [0.1, 0.15) is 0 Å². The van der Waals surface area contributed by atoms with Crippen molar-refractivity contribution < 1.29 is 26.7 Å². The van der Waals surface area contributed by atoms with E-state index >= 15 is 0 Å². The minimum atomic E-state index is -5.06. The molecule has 0 spiro atoms. The second kappa shape index (κ2) is 5.01.